The number of primary amides is 1. The summed E-state index contributed by atoms with van der Waals surface area (Å²) in [6, 6.07) is 8.33. The van der Waals surface area contributed by atoms with Crippen LogP contribution in [0.1, 0.15) is 67.4 Å². The number of carboxylic acids is 1. The van der Waals surface area contributed by atoms with Gasteiger partial charge in [0.05, 0.1) is 17.4 Å². The first-order valence-electron chi connectivity index (χ1n) is 12.3. The first kappa shape index (κ1) is 25.2. The van der Waals surface area contributed by atoms with E-state index in [1.807, 2.05) is 6.07 Å². The number of nitriles is 1. The Bertz CT molecular complexity index is 1260. The number of hydrogen-bond donors (Lipinski definition) is 4. The third kappa shape index (κ3) is 4.53. The molecule has 0 bridgehead atoms. The zero-order chi connectivity index (χ0) is 26.0. The molecule has 1 aromatic heterocycles. The highest BCUT2D eigenvalue weighted by molar-refractivity contribution is 6.06. The van der Waals surface area contributed by atoms with Gasteiger partial charge in [-0.1, -0.05) is 31.0 Å². The Kier molecular flexibility index (Phi) is 7.02. The van der Waals surface area contributed by atoms with Crippen LogP contribution in [-0.2, 0) is 26.8 Å². The lowest BCUT2D eigenvalue weighted by Gasteiger charge is -2.41. The van der Waals surface area contributed by atoms with Gasteiger partial charge >= 0.3 is 5.97 Å². The van der Waals surface area contributed by atoms with Crippen LogP contribution in [0.3, 0.4) is 0 Å². The van der Waals surface area contributed by atoms with Crippen molar-refractivity contribution in [3.05, 3.63) is 35.5 Å². The van der Waals surface area contributed by atoms with Gasteiger partial charge in [0.2, 0.25) is 17.7 Å². The standard InChI is InChI=1S/C26H31N5O5/c1-31-19-8-3-2-6-17(19)21(22(31)24(34)35)26(25(28)36)13-5-4-7-18(26)23(33)30-16(14-27)11-12-20(32)29-15-9-10-15/h2-3,6,8,15-16,18H,4-5,7,9-13H2,1H3,(H2,28,36)(H,29,32)(H,30,33)(H,34,35)/t16-,18-,26-/m0/s1. The first-order valence-corrected chi connectivity index (χ1v) is 12.3. The number of nitrogens with zero attached hydrogens (tertiary/aromatic N) is 2. The highest BCUT2D eigenvalue weighted by atomic mass is 16.4. The molecule has 2 aromatic rings. The molecule has 1 heterocycles. The number of carbonyl (C=O) groups is 4. The predicted octanol–water partition coefficient (Wildman–Crippen LogP) is 1.86. The van der Waals surface area contributed by atoms with Crippen LogP contribution in [0.5, 0.6) is 0 Å². The molecule has 36 heavy (non-hydrogen) atoms. The smallest absolute Gasteiger partial charge is 0.352 e. The molecule has 10 nitrogen and oxygen atoms in total. The third-order valence-electron chi connectivity index (χ3n) is 7.50. The number of carboxylic acid groups (broad SMARTS) is 1. The molecule has 5 N–H and O–H groups in total. The number of rotatable bonds is 9. The number of nitrogens with two attached hydrogens (primary N) is 1. The van der Waals surface area contributed by atoms with Crippen LogP contribution in [-0.4, -0.2) is 45.4 Å². The van der Waals surface area contributed by atoms with E-state index in [0.29, 0.717) is 30.2 Å². The monoisotopic (exact) mass is 493 g/mol. The number of aryl methyl sites for hydroxylation is 1. The average molecular weight is 494 g/mol. The Morgan fingerprint density at radius 2 is 1.94 bits per heavy atom. The lowest BCUT2D eigenvalue weighted by molar-refractivity contribution is -0.137. The van der Waals surface area contributed by atoms with E-state index in [9.17, 15) is 29.5 Å². The minimum Gasteiger partial charge on any atom is -0.477 e. The number of hydrogen-bond acceptors (Lipinski definition) is 5. The van der Waals surface area contributed by atoms with E-state index in [1.54, 1.807) is 31.3 Å². The minimum absolute atomic E-state index is 0.0803. The minimum atomic E-state index is -1.56. The van der Waals surface area contributed by atoms with E-state index in [0.717, 1.165) is 12.8 Å². The molecule has 4 rings (SSSR count). The van der Waals surface area contributed by atoms with Crippen LogP contribution < -0.4 is 16.4 Å². The molecule has 10 heteroatoms. The van der Waals surface area contributed by atoms with Gasteiger partial charge in [0.25, 0.3) is 0 Å². The summed E-state index contributed by atoms with van der Waals surface area (Å²) < 4.78 is 1.51. The Hall–Kier alpha value is -3.87. The number of fused-ring (bicyclic) bond motifs is 1. The van der Waals surface area contributed by atoms with Crippen LogP contribution in [0.25, 0.3) is 10.9 Å². The number of nitrogens with one attached hydrogen (secondary N) is 2. The van der Waals surface area contributed by atoms with Crippen molar-refractivity contribution in [3.63, 3.8) is 0 Å². The molecule has 0 spiro atoms. The number of aromatic nitrogens is 1. The summed E-state index contributed by atoms with van der Waals surface area (Å²) in [7, 11) is 1.61. The lowest BCUT2D eigenvalue weighted by atomic mass is 9.60. The maximum absolute atomic E-state index is 13.6. The van der Waals surface area contributed by atoms with Crippen molar-refractivity contribution < 1.29 is 24.3 Å². The van der Waals surface area contributed by atoms with Gasteiger partial charge in [-0.2, -0.15) is 5.26 Å². The third-order valence-corrected chi connectivity index (χ3v) is 7.50. The van der Waals surface area contributed by atoms with E-state index in [1.165, 1.54) is 4.57 Å². The van der Waals surface area contributed by atoms with Gasteiger partial charge in [-0.3, -0.25) is 14.4 Å². The second-order valence-electron chi connectivity index (χ2n) is 9.81. The fraction of sp³-hybridized carbons (Fsp3) is 0.500. The van der Waals surface area contributed by atoms with Crippen molar-refractivity contribution in [3.8, 4) is 6.07 Å². The lowest BCUT2D eigenvalue weighted by Crippen LogP contribution is -2.55. The molecular formula is C26H31N5O5. The van der Waals surface area contributed by atoms with Gasteiger partial charge in [0.1, 0.15) is 11.7 Å². The quantitative estimate of drug-likeness (QED) is 0.416. The maximum Gasteiger partial charge on any atom is 0.352 e. The Morgan fingerprint density at radius 3 is 2.58 bits per heavy atom. The van der Waals surface area contributed by atoms with Crippen molar-refractivity contribution in [2.75, 3.05) is 0 Å². The highest BCUT2D eigenvalue weighted by Crippen LogP contribution is 2.48. The SMILES string of the molecule is Cn1c(C(=O)O)c([C@]2(C(N)=O)CCCC[C@H]2C(=O)N[C@H](C#N)CCC(=O)NC2CC2)c2ccccc21. The Labute approximate surface area is 208 Å². The van der Waals surface area contributed by atoms with Gasteiger partial charge < -0.3 is 26.0 Å². The Morgan fingerprint density at radius 1 is 1.22 bits per heavy atom. The van der Waals surface area contributed by atoms with Crippen LogP contribution in [0, 0.1) is 17.2 Å². The van der Waals surface area contributed by atoms with Gasteiger partial charge in [0, 0.05) is 36.0 Å². The fourth-order valence-corrected chi connectivity index (χ4v) is 5.58. The Balaban J connectivity index is 1.69. The van der Waals surface area contributed by atoms with Gasteiger partial charge in [-0.15, -0.1) is 0 Å². The fourth-order valence-electron chi connectivity index (χ4n) is 5.58. The molecule has 3 amide bonds. The molecule has 190 valence electrons. The molecule has 3 atom stereocenters. The highest BCUT2D eigenvalue weighted by Gasteiger charge is 2.54. The molecular weight excluding hydrogens is 462 g/mol. The molecule has 0 saturated heterocycles. The average Bonchev–Trinajstić information content (AvgIpc) is 3.62. The van der Waals surface area contributed by atoms with Crippen LogP contribution in [0.15, 0.2) is 24.3 Å². The topological polar surface area (TPSA) is 167 Å². The van der Waals surface area contributed by atoms with E-state index in [2.05, 4.69) is 10.6 Å². The number of para-hydroxylation sites is 1. The van der Waals surface area contributed by atoms with E-state index >= 15 is 0 Å². The molecule has 0 unspecified atom stereocenters. The molecule has 1 aromatic carbocycles. The number of benzene rings is 1. The second-order valence-corrected chi connectivity index (χ2v) is 9.81. The molecule has 2 saturated carbocycles. The van der Waals surface area contributed by atoms with Gasteiger partial charge in [0.15, 0.2) is 0 Å². The summed E-state index contributed by atoms with van der Waals surface area (Å²) in [4.78, 5) is 51.3. The van der Waals surface area contributed by atoms with E-state index < -0.39 is 35.2 Å². The summed E-state index contributed by atoms with van der Waals surface area (Å²) >= 11 is 0. The zero-order valence-corrected chi connectivity index (χ0v) is 20.3. The zero-order valence-electron chi connectivity index (χ0n) is 20.3. The number of aromatic carboxylic acids is 1. The van der Waals surface area contributed by atoms with Crippen LogP contribution >= 0.6 is 0 Å². The normalized spacial score (nSPS) is 22.4. The van der Waals surface area contributed by atoms with Crippen molar-refractivity contribution in [1.29, 1.82) is 5.26 Å². The summed E-state index contributed by atoms with van der Waals surface area (Å²) in [5.41, 5.74) is 5.24. The largest absolute Gasteiger partial charge is 0.477 e. The second kappa shape index (κ2) is 10.0. The van der Waals surface area contributed by atoms with Gasteiger partial charge in [-0.25, -0.2) is 4.79 Å². The van der Waals surface area contributed by atoms with Crippen molar-refractivity contribution in [2.45, 2.75) is 68.9 Å². The molecule has 2 aliphatic rings. The molecule has 2 fully saturated rings. The van der Waals surface area contributed by atoms with Crippen LogP contribution in [0.2, 0.25) is 0 Å². The summed E-state index contributed by atoms with van der Waals surface area (Å²) in [6.45, 7) is 0. The van der Waals surface area contributed by atoms with Crippen molar-refractivity contribution >= 4 is 34.6 Å². The predicted molar refractivity (Wildman–Crippen MR) is 131 cm³/mol. The van der Waals surface area contributed by atoms with Crippen LogP contribution in [0.4, 0.5) is 0 Å². The molecule has 0 radical (unpaired) electrons. The number of amides is 3. The maximum atomic E-state index is 13.6. The summed E-state index contributed by atoms with van der Waals surface area (Å²) in [5.74, 6) is -3.64. The summed E-state index contributed by atoms with van der Waals surface area (Å²) in [6.07, 6.45) is 3.91. The first-order chi connectivity index (χ1) is 17.2. The van der Waals surface area contributed by atoms with Crippen molar-refractivity contribution in [1.82, 2.24) is 15.2 Å². The number of carbonyl (C=O) groups excluding carboxylic acids is 3. The molecule has 2 aliphatic carbocycles. The summed E-state index contributed by atoms with van der Waals surface area (Å²) in [5, 5.41) is 25.9. The van der Waals surface area contributed by atoms with E-state index in [4.69, 9.17) is 5.73 Å². The van der Waals surface area contributed by atoms with E-state index in [-0.39, 0.29) is 42.5 Å². The molecule has 0 aliphatic heterocycles. The van der Waals surface area contributed by atoms with Crippen molar-refractivity contribution in [2.24, 2.45) is 18.7 Å². The van der Waals surface area contributed by atoms with Gasteiger partial charge in [-0.05, 0) is 38.2 Å².